The molecule has 7 nitrogen and oxygen atoms in total. The zero-order valence-corrected chi connectivity index (χ0v) is 11.7. The van der Waals surface area contributed by atoms with E-state index < -0.39 is 10.5 Å². The number of nitrogens with zero attached hydrogens (tertiary/aromatic N) is 2. The van der Waals surface area contributed by atoms with Crippen LogP contribution in [0.1, 0.15) is 25.1 Å². The van der Waals surface area contributed by atoms with E-state index in [1.54, 1.807) is 18.2 Å². The molecular weight excluding hydrogens is 274 g/mol. The van der Waals surface area contributed by atoms with Crippen LogP contribution in [0.25, 0.3) is 0 Å². The number of carbonyl (C=O) groups excluding carboxylic acids is 1. The number of nitro benzene ring substituents is 1. The highest BCUT2D eigenvalue weighted by Gasteiger charge is 2.23. The van der Waals surface area contributed by atoms with Crippen LogP contribution in [-0.2, 0) is 16.8 Å². The molecule has 1 heterocycles. The maximum absolute atomic E-state index is 12.0. The Morgan fingerprint density at radius 3 is 2.52 bits per heavy atom. The van der Waals surface area contributed by atoms with E-state index in [0.717, 1.165) is 5.56 Å². The minimum Gasteiger partial charge on any atom is -0.364 e. The Balaban J connectivity index is 2.06. The Kier molecular flexibility index (Phi) is 4.02. The van der Waals surface area contributed by atoms with Gasteiger partial charge in [-0.25, -0.2) is 0 Å². The number of carbonyl (C=O) groups is 1. The summed E-state index contributed by atoms with van der Waals surface area (Å²) in [5.41, 5.74) is 0.702. The molecule has 0 fully saturated rings. The molecule has 0 saturated heterocycles. The first kappa shape index (κ1) is 14.7. The van der Waals surface area contributed by atoms with E-state index >= 15 is 0 Å². The molecule has 0 aliphatic rings. The number of rotatable bonds is 5. The molecule has 1 aromatic carbocycles. The average Bonchev–Trinajstić information content (AvgIpc) is 2.90. The van der Waals surface area contributed by atoms with E-state index in [1.165, 1.54) is 18.4 Å². The van der Waals surface area contributed by atoms with E-state index in [9.17, 15) is 14.9 Å². The van der Waals surface area contributed by atoms with Gasteiger partial charge in [-0.3, -0.25) is 14.9 Å². The van der Waals surface area contributed by atoms with Crippen LogP contribution in [0, 0.1) is 10.1 Å². The fourth-order valence-corrected chi connectivity index (χ4v) is 1.96. The van der Waals surface area contributed by atoms with Crippen LogP contribution in [0.4, 0.5) is 5.69 Å². The number of nitrogens with one attached hydrogen (secondary N) is 1. The van der Waals surface area contributed by atoms with Crippen LogP contribution in [0.2, 0.25) is 0 Å². The van der Waals surface area contributed by atoms with Crippen molar-refractivity contribution in [3.63, 3.8) is 0 Å². The van der Waals surface area contributed by atoms with Gasteiger partial charge < -0.3 is 9.84 Å². The molecule has 0 aliphatic carbocycles. The van der Waals surface area contributed by atoms with Crippen LogP contribution < -0.4 is 5.32 Å². The molecule has 0 unspecified atom stereocenters. The highest BCUT2D eigenvalue weighted by atomic mass is 16.6. The third-order valence-corrected chi connectivity index (χ3v) is 3.08. The second-order valence-electron chi connectivity index (χ2n) is 5.14. The molecule has 2 aromatic rings. The molecule has 0 bridgehead atoms. The third-order valence-electron chi connectivity index (χ3n) is 3.08. The van der Waals surface area contributed by atoms with E-state index in [2.05, 4.69) is 15.0 Å². The first-order chi connectivity index (χ1) is 9.88. The summed E-state index contributed by atoms with van der Waals surface area (Å²) in [6, 6.07) is 7.73. The molecule has 0 spiro atoms. The average molecular weight is 289 g/mol. The van der Waals surface area contributed by atoms with Gasteiger partial charge in [-0.2, -0.15) is 0 Å². The van der Waals surface area contributed by atoms with Gasteiger partial charge in [0.25, 0.3) is 5.69 Å². The van der Waals surface area contributed by atoms with Gasteiger partial charge in [0, 0.05) is 18.2 Å². The number of hydrogen-bond donors (Lipinski definition) is 1. The third kappa shape index (κ3) is 3.65. The van der Waals surface area contributed by atoms with Gasteiger partial charge in [-0.15, -0.1) is 0 Å². The van der Waals surface area contributed by atoms with Gasteiger partial charge in [-0.05, 0) is 31.5 Å². The predicted molar refractivity (Wildman–Crippen MR) is 74.5 cm³/mol. The van der Waals surface area contributed by atoms with Crippen LogP contribution >= 0.6 is 0 Å². The van der Waals surface area contributed by atoms with Crippen molar-refractivity contribution in [2.75, 3.05) is 0 Å². The van der Waals surface area contributed by atoms with Crippen LogP contribution in [0.15, 0.2) is 41.1 Å². The number of nitro groups is 1. The van der Waals surface area contributed by atoms with Crippen molar-refractivity contribution in [2.45, 2.75) is 25.8 Å². The zero-order chi connectivity index (χ0) is 15.5. The summed E-state index contributed by atoms with van der Waals surface area (Å²) in [5, 5.41) is 17.2. The number of non-ortho nitro benzene ring substituents is 1. The fourth-order valence-electron chi connectivity index (χ4n) is 1.96. The second kappa shape index (κ2) is 5.74. The minimum absolute atomic E-state index is 0.0171. The highest BCUT2D eigenvalue weighted by molar-refractivity contribution is 5.79. The van der Waals surface area contributed by atoms with Gasteiger partial charge in [-0.1, -0.05) is 5.16 Å². The molecule has 1 aromatic heterocycles. The summed E-state index contributed by atoms with van der Waals surface area (Å²) in [7, 11) is 0. The second-order valence-corrected chi connectivity index (χ2v) is 5.14. The number of aromatic nitrogens is 1. The Morgan fingerprint density at radius 2 is 2.00 bits per heavy atom. The molecule has 7 heteroatoms. The monoisotopic (exact) mass is 289 g/mol. The SMILES string of the molecule is CC(C)(NC(=O)Cc1ccon1)c1ccc([N+](=O)[O-])cc1. The molecule has 2 rings (SSSR count). The van der Waals surface area contributed by atoms with Crippen LogP contribution in [0.5, 0.6) is 0 Å². The smallest absolute Gasteiger partial charge is 0.269 e. The Hall–Kier alpha value is -2.70. The number of hydrogen-bond acceptors (Lipinski definition) is 5. The summed E-state index contributed by atoms with van der Waals surface area (Å²) in [6.07, 6.45) is 1.52. The first-order valence-electron chi connectivity index (χ1n) is 6.34. The largest absolute Gasteiger partial charge is 0.364 e. The van der Waals surface area contributed by atoms with E-state index in [0.29, 0.717) is 5.69 Å². The summed E-state index contributed by atoms with van der Waals surface area (Å²) in [6.45, 7) is 3.66. The normalized spacial score (nSPS) is 11.1. The molecule has 0 atom stereocenters. The van der Waals surface area contributed by atoms with Crippen molar-refractivity contribution in [1.82, 2.24) is 10.5 Å². The quantitative estimate of drug-likeness (QED) is 0.672. The Morgan fingerprint density at radius 1 is 1.33 bits per heavy atom. The molecule has 110 valence electrons. The van der Waals surface area contributed by atoms with Gasteiger partial charge >= 0.3 is 0 Å². The van der Waals surface area contributed by atoms with Crippen molar-refractivity contribution in [3.8, 4) is 0 Å². The zero-order valence-electron chi connectivity index (χ0n) is 11.7. The van der Waals surface area contributed by atoms with Crippen molar-refractivity contribution in [3.05, 3.63) is 58.0 Å². The van der Waals surface area contributed by atoms with E-state index in [4.69, 9.17) is 0 Å². The molecule has 1 N–H and O–H groups in total. The first-order valence-corrected chi connectivity index (χ1v) is 6.34. The van der Waals surface area contributed by atoms with Gasteiger partial charge in [0.2, 0.25) is 5.91 Å². The lowest BCUT2D eigenvalue weighted by atomic mass is 9.94. The lowest BCUT2D eigenvalue weighted by Crippen LogP contribution is -2.41. The molecule has 21 heavy (non-hydrogen) atoms. The van der Waals surface area contributed by atoms with Gasteiger partial charge in [0.05, 0.1) is 22.6 Å². The van der Waals surface area contributed by atoms with Crippen LogP contribution in [0.3, 0.4) is 0 Å². The van der Waals surface area contributed by atoms with Crippen molar-refractivity contribution in [2.24, 2.45) is 0 Å². The summed E-state index contributed by atoms with van der Waals surface area (Å²) in [5.74, 6) is -0.202. The summed E-state index contributed by atoms with van der Waals surface area (Å²) < 4.78 is 4.67. The molecule has 1 amide bonds. The maximum Gasteiger partial charge on any atom is 0.269 e. The lowest BCUT2D eigenvalue weighted by Gasteiger charge is -2.26. The topological polar surface area (TPSA) is 98.3 Å². The van der Waals surface area contributed by atoms with Crippen molar-refractivity contribution < 1.29 is 14.2 Å². The minimum atomic E-state index is -0.643. The van der Waals surface area contributed by atoms with Gasteiger partial charge in [0.15, 0.2) is 0 Å². The molecule has 0 aliphatic heterocycles. The lowest BCUT2D eigenvalue weighted by molar-refractivity contribution is -0.384. The molecule has 0 radical (unpaired) electrons. The standard InChI is InChI=1S/C14H15N3O4/c1-14(2,10-3-5-12(6-4-10)17(19)20)15-13(18)9-11-7-8-21-16-11/h3-8H,9H2,1-2H3,(H,15,18). The summed E-state index contributed by atoms with van der Waals surface area (Å²) >= 11 is 0. The van der Waals surface area contributed by atoms with E-state index in [-0.39, 0.29) is 18.0 Å². The van der Waals surface area contributed by atoms with Gasteiger partial charge in [0.1, 0.15) is 6.26 Å². The van der Waals surface area contributed by atoms with Crippen molar-refractivity contribution in [1.29, 1.82) is 0 Å². The van der Waals surface area contributed by atoms with Crippen molar-refractivity contribution >= 4 is 11.6 Å². The number of amides is 1. The summed E-state index contributed by atoms with van der Waals surface area (Å²) in [4.78, 5) is 22.2. The predicted octanol–water partition coefficient (Wildman–Crippen LogP) is 2.18. The maximum atomic E-state index is 12.0. The molecule has 0 saturated carbocycles. The van der Waals surface area contributed by atoms with Crippen LogP contribution in [-0.4, -0.2) is 16.0 Å². The molecular formula is C14H15N3O4. The van der Waals surface area contributed by atoms with E-state index in [1.807, 2.05) is 13.8 Å². The number of benzene rings is 1. The fraction of sp³-hybridized carbons (Fsp3) is 0.286. The Bertz CT molecular complexity index is 633. The Labute approximate surface area is 121 Å². The highest BCUT2D eigenvalue weighted by Crippen LogP contribution is 2.22.